The molecule has 0 aliphatic rings. The first kappa shape index (κ1) is 14.0. The average Bonchev–Trinajstić information content (AvgIpc) is 2.80. The van der Waals surface area contributed by atoms with E-state index in [4.69, 9.17) is 27.9 Å². The highest BCUT2D eigenvalue weighted by atomic mass is 35.5. The zero-order valence-corrected chi connectivity index (χ0v) is 12.1. The lowest BCUT2D eigenvalue weighted by Crippen LogP contribution is -2.02. The Hall–Kier alpha value is -1.92. The van der Waals surface area contributed by atoms with Crippen molar-refractivity contribution in [3.05, 3.63) is 40.8 Å². The van der Waals surface area contributed by atoms with Crippen molar-refractivity contribution in [2.75, 3.05) is 6.67 Å². The predicted molar refractivity (Wildman–Crippen MR) is 77.8 cm³/mol. The molecule has 0 aliphatic carbocycles. The number of hydrogen-bond acceptors (Lipinski definition) is 4. The normalized spacial score (nSPS) is 11.0. The Morgan fingerprint density at radius 2 is 1.95 bits per heavy atom. The first-order valence-corrected chi connectivity index (χ1v) is 6.81. The topological polar surface area (TPSA) is 52.8 Å². The largest absolute Gasteiger partial charge is 0.422 e. The van der Waals surface area contributed by atoms with Gasteiger partial charge in [0.05, 0.1) is 24.0 Å². The summed E-state index contributed by atoms with van der Waals surface area (Å²) < 4.78 is 19.7. The maximum atomic E-state index is 12.6. The zero-order valence-electron chi connectivity index (χ0n) is 10.6. The van der Waals surface area contributed by atoms with E-state index < -0.39 is 6.67 Å². The molecule has 0 fully saturated rings. The van der Waals surface area contributed by atoms with E-state index in [-0.39, 0.29) is 12.6 Å². The van der Waals surface area contributed by atoms with Gasteiger partial charge in [0.25, 0.3) is 0 Å². The van der Waals surface area contributed by atoms with Crippen LogP contribution in [0, 0.1) is 0 Å². The summed E-state index contributed by atoms with van der Waals surface area (Å²) in [6.45, 7) is -0.468. The Morgan fingerprint density at radius 3 is 2.67 bits per heavy atom. The molecule has 0 spiro atoms. The van der Waals surface area contributed by atoms with Gasteiger partial charge in [-0.2, -0.15) is 5.10 Å². The van der Waals surface area contributed by atoms with Crippen LogP contribution in [0.4, 0.5) is 4.39 Å². The number of ether oxygens (including phenoxy) is 1. The first-order chi connectivity index (χ1) is 10.2. The van der Waals surface area contributed by atoms with Gasteiger partial charge in [0.15, 0.2) is 10.9 Å². The van der Waals surface area contributed by atoms with Crippen LogP contribution in [-0.2, 0) is 6.54 Å². The molecular formula is C13H9Cl2FN4O. The minimum atomic E-state index is -0.557. The Morgan fingerprint density at radius 1 is 1.19 bits per heavy atom. The van der Waals surface area contributed by atoms with Crippen LogP contribution in [0.2, 0.25) is 10.2 Å². The molecule has 3 rings (SSSR count). The number of benzene rings is 1. The van der Waals surface area contributed by atoms with Crippen molar-refractivity contribution in [2.45, 2.75) is 6.54 Å². The summed E-state index contributed by atoms with van der Waals surface area (Å²) in [6.07, 6.45) is 2.85. The predicted octanol–water partition coefficient (Wildman–Crippen LogP) is 3.89. The first-order valence-electron chi connectivity index (χ1n) is 6.05. The van der Waals surface area contributed by atoms with E-state index in [0.717, 1.165) is 0 Å². The highest BCUT2D eigenvalue weighted by molar-refractivity contribution is 6.34. The minimum absolute atomic E-state index is 0.0884. The highest BCUT2D eigenvalue weighted by Crippen LogP contribution is 2.32. The molecule has 108 valence electrons. The second kappa shape index (κ2) is 5.83. The van der Waals surface area contributed by atoms with Crippen LogP contribution < -0.4 is 4.74 Å². The number of nitrogens with zero attached hydrogens (tertiary/aromatic N) is 4. The number of alkyl halides is 1. The van der Waals surface area contributed by atoms with Gasteiger partial charge < -0.3 is 4.74 Å². The lowest BCUT2D eigenvalue weighted by Gasteiger charge is -2.07. The SMILES string of the molecule is FCCn1nc(Cl)c2cccc(Oc3ncc(Cl)cn3)c21. The number of rotatable bonds is 4. The van der Waals surface area contributed by atoms with Gasteiger partial charge in [0, 0.05) is 5.39 Å². The second-order valence-electron chi connectivity index (χ2n) is 4.14. The van der Waals surface area contributed by atoms with E-state index in [0.29, 0.717) is 26.8 Å². The van der Waals surface area contributed by atoms with Crippen LogP contribution in [0.5, 0.6) is 11.8 Å². The van der Waals surface area contributed by atoms with E-state index in [1.165, 1.54) is 17.1 Å². The van der Waals surface area contributed by atoms with Gasteiger partial charge >= 0.3 is 6.01 Å². The lowest BCUT2D eigenvalue weighted by molar-refractivity contribution is 0.422. The van der Waals surface area contributed by atoms with E-state index >= 15 is 0 Å². The Balaban J connectivity index is 2.07. The van der Waals surface area contributed by atoms with E-state index in [9.17, 15) is 4.39 Å². The zero-order chi connectivity index (χ0) is 14.8. The molecule has 0 amide bonds. The molecule has 0 saturated carbocycles. The molecule has 5 nitrogen and oxygen atoms in total. The molecular weight excluding hydrogens is 318 g/mol. The molecule has 8 heteroatoms. The van der Waals surface area contributed by atoms with Gasteiger partial charge in [0.1, 0.15) is 12.2 Å². The third-order valence-electron chi connectivity index (χ3n) is 2.78. The van der Waals surface area contributed by atoms with E-state index in [1.807, 2.05) is 0 Å². The lowest BCUT2D eigenvalue weighted by atomic mass is 10.2. The summed E-state index contributed by atoms with van der Waals surface area (Å²) in [7, 11) is 0. The fourth-order valence-corrected chi connectivity index (χ4v) is 2.28. The summed E-state index contributed by atoms with van der Waals surface area (Å²) in [4.78, 5) is 7.92. The second-order valence-corrected chi connectivity index (χ2v) is 4.94. The number of halogens is 3. The van der Waals surface area contributed by atoms with Crippen LogP contribution in [0.25, 0.3) is 10.9 Å². The third kappa shape index (κ3) is 2.77. The summed E-state index contributed by atoms with van der Waals surface area (Å²) in [6, 6.07) is 5.40. The average molecular weight is 327 g/mol. The maximum absolute atomic E-state index is 12.6. The van der Waals surface area contributed by atoms with Gasteiger partial charge in [-0.15, -0.1) is 0 Å². The summed E-state index contributed by atoms with van der Waals surface area (Å²) in [5.41, 5.74) is 0.596. The molecule has 0 atom stereocenters. The Kier molecular flexibility index (Phi) is 3.90. The quantitative estimate of drug-likeness (QED) is 0.729. The van der Waals surface area contributed by atoms with Crippen molar-refractivity contribution in [3.63, 3.8) is 0 Å². The van der Waals surface area contributed by atoms with Crippen molar-refractivity contribution in [2.24, 2.45) is 0 Å². The van der Waals surface area contributed by atoms with Crippen molar-refractivity contribution in [1.82, 2.24) is 19.7 Å². The number of fused-ring (bicyclic) bond motifs is 1. The smallest absolute Gasteiger partial charge is 0.322 e. The van der Waals surface area contributed by atoms with Crippen LogP contribution in [0.1, 0.15) is 0 Å². The molecule has 2 heterocycles. The summed E-state index contributed by atoms with van der Waals surface area (Å²) >= 11 is 11.8. The van der Waals surface area contributed by atoms with Crippen LogP contribution in [0.15, 0.2) is 30.6 Å². The van der Waals surface area contributed by atoms with Crippen molar-refractivity contribution in [3.8, 4) is 11.8 Å². The van der Waals surface area contributed by atoms with Gasteiger partial charge in [0.2, 0.25) is 0 Å². The molecule has 0 unspecified atom stereocenters. The highest BCUT2D eigenvalue weighted by Gasteiger charge is 2.14. The Bertz CT molecular complexity index is 776. The van der Waals surface area contributed by atoms with E-state index in [1.54, 1.807) is 18.2 Å². The van der Waals surface area contributed by atoms with E-state index in [2.05, 4.69) is 15.1 Å². The third-order valence-corrected chi connectivity index (χ3v) is 3.26. The number of aryl methyl sites for hydroxylation is 1. The van der Waals surface area contributed by atoms with Gasteiger partial charge in [-0.1, -0.05) is 29.3 Å². The van der Waals surface area contributed by atoms with Crippen LogP contribution in [0.3, 0.4) is 0 Å². The van der Waals surface area contributed by atoms with Crippen molar-refractivity contribution < 1.29 is 9.13 Å². The maximum Gasteiger partial charge on any atom is 0.322 e. The fraction of sp³-hybridized carbons (Fsp3) is 0.154. The van der Waals surface area contributed by atoms with Gasteiger partial charge in [-0.05, 0) is 12.1 Å². The monoisotopic (exact) mass is 326 g/mol. The van der Waals surface area contributed by atoms with Crippen LogP contribution in [-0.4, -0.2) is 26.4 Å². The van der Waals surface area contributed by atoms with Gasteiger partial charge in [-0.3, -0.25) is 4.68 Å². The summed E-state index contributed by atoms with van der Waals surface area (Å²) in [5.74, 6) is 0.447. The minimum Gasteiger partial charge on any atom is -0.422 e. The molecule has 0 saturated heterocycles. The molecule has 2 aromatic heterocycles. The summed E-state index contributed by atoms with van der Waals surface area (Å²) in [5, 5.41) is 5.47. The number of hydrogen-bond donors (Lipinski definition) is 0. The van der Waals surface area contributed by atoms with Gasteiger partial charge in [-0.25, -0.2) is 14.4 Å². The number of aromatic nitrogens is 4. The molecule has 21 heavy (non-hydrogen) atoms. The molecule has 0 radical (unpaired) electrons. The number of para-hydroxylation sites is 1. The van der Waals surface area contributed by atoms with Crippen LogP contribution >= 0.6 is 23.2 Å². The Labute approximate surface area is 129 Å². The fourth-order valence-electron chi connectivity index (χ4n) is 1.94. The standard InChI is InChI=1S/C13H9Cl2FN4O/c14-8-6-17-13(18-7-8)21-10-3-1-2-9-11(10)20(5-4-16)19-12(9)15/h1-3,6-7H,4-5H2. The van der Waals surface area contributed by atoms with Crippen molar-refractivity contribution >= 4 is 34.1 Å². The molecule has 0 aliphatic heterocycles. The van der Waals surface area contributed by atoms with Crippen molar-refractivity contribution in [1.29, 1.82) is 0 Å². The molecule has 0 N–H and O–H groups in total. The molecule has 1 aromatic carbocycles. The molecule has 3 aromatic rings. The molecule has 0 bridgehead atoms.